The number of hydrogen-bond acceptors (Lipinski definition) is 11. The van der Waals surface area contributed by atoms with E-state index in [1.54, 1.807) is 23.9 Å². The molecule has 7 rings (SSSR count). The van der Waals surface area contributed by atoms with Crippen LogP contribution in [-0.4, -0.2) is 131 Å². The Kier molecular flexibility index (Phi) is 23.1. The molecule has 0 spiro atoms. The van der Waals surface area contributed by atoms with Crippen LogP contribution in [0.15, 0.2) is 91.0 Å². The summed E-state index contributed by atoms with van der Waals surface area (Å²) in [6, 6.07) is 24.9. The molecule has 16 nitrogen and oxygen atoms in total. The summed E-state index contributed by atoms with van der Waals surface area (Å²) in [5.74, 6) is -3.13. The number of aliphatic hydroxyl groups is 1. The van der Waals surface area contributed by atoms with Gasteiger partial charge in [-0.2, -0.15) is 0 Å². The van der Waals surface area contributed by atoms with E-state index in [2.05, 4.69) is 26.6 Å². The Morgan fingerprint density at radius 3 is 1.71 bits per heavy atom. The van der Waals surface area contributed by atoms with E-state index >= 15 is 4.79 Å². The molecule has 0 unspecified atom stereocenters. The van der Waals surface area contributed by atoms with Gasteiger partial charge in [0.05, 0.1) is 24.0 Å². The summed E-state index contributed by atoms with van der Waals surface area (Å²) in [5.41, 5.74) is 0.743. The van der Waals surface area contributed by atoms with Crippen molar-refractivity contribution in [1.82, 2.24) is 36.4 Å². The number of hydrogen-bond donors (Lipinski definition) is 6. The molecule has 0 bridgehead atoms. The second-order valence-electron chi connectivity index (χ2n) is 22.9. The smallest absolute Gasteiger partial charge is 0.246 e. The van der Waals surface area contributed by atoms with Crippen LogP contribution in [0.4, 0.5) is 0 Å². The zero-order valence-corrected chi connectivity index (χ0v) is 47.8. The van der Waals surface area contributed by atoms with Crippen LogP contribution in [0.5, 0.6) is 0 Å². The number of likely N-dealkylation sites (N-methyl/N-ethyl adjacent to an activating group) is 2. The van der Waals surface area contributed by atoms with Gasteiger partial charge < -0.3 is 41.5 Å². The standard InChI is InChI=1S/C64H89N7O9/c1-5-51(65-3)56(74)40-50-45(42-72)32-34-49-36-38-54(71(49)62(50)79)61(78)69-64(46-24-16-12-17-25-46,47-26-18-13-19-27-47)57(75)28-20-9-7-8-10-21-29-58(76)67-41-44-31-33-48-35-37-53(55(73)39-30-43-22-14-11-15-23-43)70(48)63(80)59(44)68-60(77)52(6-2)66-4/h11-19,22-27,44-45,48-54,59,65-66,72H,5-10,20-21,28-42H2,1-4H3,(H,67,76)(H,68,77)(H,69,78)/t44-,45-,48+,49+,50+,51+,52+,53+,54+,59+/m1/s1. The van der Waals surface area contributed by atoms with Crippen molar-refractivity contribution in [3.63, 3.8) is 0 Å². The average molecular weight is 1100 g/mol. The normalized spacial score (nSPS) is 23.7. The third-order valence-corrected chi connectivity index (χ3v) is 18.0. The van der Waals surface area contributed by atoms with Crippen LogP contribution < -0.4 is 26.6 Å². The van der Waals surface area contributed by atoms with E-state index < -0.39 is 53.5 Å². The highest BCUT2D eigenvalue weighted by Crippen LogP contribution is 2.40. The van der Waals surface area contributed by atoms with Crippen molar-refractivity contribution in [2.24, 2.45) is 17.8 Å². The summed E-state index contributed by atoms with van der Waals surface area (Å²) in [7, 11) is 3.43. The number of Topliss-reactive ketones (excluding diaryl/α,β-unsaturated/α-hetero) is 3. The number of carbonyl (C=O) groups excluding carboxylic acids is 8. The maximum atomic E-state index is 15.0. The summed E-state index contributed by atoms with van der Waals surface area (Å²) in [4.78, 5) is 117. The Labute approximate surface area is 474 Å². The molecule has 5 amide bonds. The first kappa shape index (κ1) is 61.5. The molecule has 0 radical (unpaired) electrons. The van der Waals surface area contributed by atoms with Crippen molar-refractivity contribution in [1.29, 1.82) is 0 Å². The lowest BCUT2D eigenvalue weighted by atomic mass is 9.77. The second kappa shape index (κ2) is 30.1. The van der Waals surface area contributed by atoms with Crippen molar-refractivity contribution in [2.45, 2.75) is 197 Å². The van der Waals surface area contributed by atoms with E-state index in [4.69, 9.17) is 0 Å². The molecule has 3 aromatic carbocycles. The fraction of sp³-hybridized carbons (Fsp3) is 0.594. The van der Waals surface area contributed by atoms with Gasteiger partial charge in [-0.1, -0.05) is 131 Å². The summed E-state index contributed by atoms with van der Waals surface area (Å²) in [5, 5.41) is 25.9. The molecule has 0 saturated carbocycles. The number of ketones is 3. The van der Waals surface area contributed by atoms with Crippen LogP contribution >= 0.6 is 0 Å². The summed E-state index contributed by atoms with van der Waals surface area (Å²) in [6.45, 7) is 3.80. The fourth-order valence-electron chi connectivity index (χ4n) is 13.3. The van der Waals surface area contributed by atoms with Gasteiger partial charge in [0, 0.05) is 56.8 Å². The minimum atomic E-state index is -1.55. The molecule has 16 heteroatoms. The predicted octanol–water partition coefficient (Wildman–Crippen LogP) is 6.64. The van der Waals surface area contributed by atoms with E-state index in [0.29, 0.717) is 101 Å². The molecule has 4 aliphatic rings. The van der Waals surface area contributed by atoms with Crippen molar-refractivity contribution in [3.8, 4) is 0 Å². The third-order valence-electron chi connectivity index (χ3n) is 18.0. The second-order valence-corrected chi connectivity index (χ2v) is 22.9. The number of aliphatic hydroxyl groups excluding tert-OH is 1. The molecule has 0 aliphatic carbocycles. The van der Waals surface area contributed by atoms with Gasteiger partial charge in [0.2, 0.25) is 29.5 Å². The van der Waals surface area contributed by atoms with Gasteiger partial charge in [-0.3, -0.25) is 38.4 Å². The maximum absolute atomic E-state index is 15.0. The number of nitrogens with one attached hydrogen (secondary N) is 5. The Morgan fingerprint density at radius 1 is 0.613 bits per heavy atom. The number of nitrogens with zero attached hydrogens (tertiary/aromatic N) is 2. The number of aryl methyl sites for hydroxylation is 1. The van der Waals surface area contributed by atoms with Gasteiger partial charge >= 0.3 is 0 Å². The van der Waals surface area contributed by atoms with E-state index in [9.17, 15) is 38.7 Å². The number of unbranched alkanes of at least 4 members (excludes halogenated alkanes) is 5. The first-order valence-electron chi connectivity index (χ1n) is 30.0. The summed E-state index contributed by atoms with van der Waals surface area (Å²) in [6.07, 6.45) is 11.7. The molecule has 80 heavy (non-hydrogen) atoms. The van der Waals surface area contributed by atoms with Crippen LogP contribution in [0.2, 0.25) is 0 Å². The Hall–Kier alpha value is -6.10. The van der Waals surface area contributed by atoms with Crippen LogP contribution in [0, 0.1) is 17.8 Å². The molecule has 0 aromatic heterocycles. The number of fused-ring (bicyclic) bond motifs is 2. The maximum Gasteiger partial charge on any atom is 0.246 e. The van der Waals surface area contributed by atoms with Gasteiger partial charge in [-0.05, 0) is 120 Å². The lowest BCUT2D eigenvalue weighted by Gasteiger charge is -2.38. The van der Waals surface area contributed by atoms with Crippen molar-refractivity contribution in [3.05, 3.63) is 108 Å². The van der Waals surface area contributed by atoms with Crippen LogP contribution in [0.25, 0.3) is 0 Å². The lowest BCUT2D eigenvalue weighted by Crippen LogP contribution is -2.58. The van der Waals surface area contributed by atoms with Crippen LogP contribution in [0.3, 0.4) is 0 Å². The van der Waals surface area contributed by atoms with Gasteiger partial charge in [-0.15, -0.1) is 0 Å². The summed E-state index contributed by atoms with van der Waals surface area (Å²) >= 11 is 0. The van der Waals surface area contributed by atoms with Gasteiger partial charge in [0.25, 0.3) is 0 Å². The van der Waals surface area contributed by atoms with Crippen LogP contribution in [-0.2, 0) is 50.3 Å². The molecular weight excluding hydrogens is 1010 g/mol. The SMILES string of the molecule is CC[C@H](NC)C(=O)C[C@@H]1C(=O)N2[C@@H](CC[C@@H]1CO)CC[C@H]2C(=O)NC(C(=O)CCCCCCCCC(=O)NC[C@H]1CC[C@H]2CC[C@@H](C(=O)CCc3ccccc3)N2C(=O)[C@H]1NC(=O)[C@H](CC)NC)(c1ccccc1)c1ccccc1. The highest BCUT2D eigenvalue weighted by molar-refractivity contribution is 6.00. The topological polar surface area (TPSA) is 223 Å². The average Bonchev–Trinajstić information content (AvgIpc) is 4.12. The highest BCUT2D eigenvalue weighted by atomic mass is 16.3. The quantitative estimate of drug-likeness (QED) is 0.0388. The molecule has 3 aromatic rings. The zero-order chi connectivity index (χ0) is 57.2. The highest BCUT2D eigenvalue weighted by Gasteiger charge is 2.51. The Bertz CT molecular complexity index is 2500. The molecule has 10 atom stereocenters. The first-order chi connectivity index (χ1) is 38.8. The molecule has 4 fully saturated rings. The first-order valence-corrected chi connectivity index (χ1v) is 30.0. The number of carbonyl (C=O) groups is 8. The number of amides is 5. The zero-order valence-electron chi connectivity index (χ0n) is 47.8. The molecular formula is C64H89N7O9. The molecule has 6 N–H and O–H groups in total. The Balaban J connectivity index is 0.931. The van der Waals surface area contributed by atoms with E-state index in [0.717, 1.165) is 37.7 Å². The summed E-state index contributed by atoms with van der Waals surface area (Å²) < 4.78 is 0. The van der Waals surface area contributed by atoms with E-state index in [1.165, 1.54) is 0 Å². The number of rotatable bonds is 30. The van der Waals surface area contributed by atoms with Crippen LogP contribution in [0.1, 0.15) is 159 Å². The largest absolute Gasteiger partial charge is 0.396 e. The van der Waals surface area contributed by atoms with Crippen molar-refractivity contribution < 1.29 is 43.5 Å². The molecule has 4 heterocycles. The predicted molar refractivity (Wildman–Crippen MR) is 308 cm³/mol. The fourth-order valence-corrected chi connectivity index (χ4v) is 13.3. The van der Waals surface area contributed by atoms with Gasteiger partial charge in [0.1, 0.15) is 17.6 Å². The Morgan fingerprint density at radius 2 is 1.14 bits per heavy atom. The van der Waals surface area contributed by atoms with Gasteiger partial charge in [0.15, 0.2) is 17.3 Å². The minimum Gasteiger partial charge on any atom is -0.396 e. The molecule has 434 valence electrons. The monoisotopic (exact) mass is 1100 g/mol. The van der Waals surface area contributed by atoms with Gasteiger partial charge in [-0.25, -0.2) is 0 Å². The molecule has 4 aliphatic heterocycles. The van der Waals surface area contributed by atoms with Crippen molar-refractivity contribution >= 4 is 46.9 Å². The minimum absolute atomic E-state index is 0.0269. The lowest BCUT2D eigenvalue weighted by molar-refractivity contribution is -0.146. The third kappa shape index (κ3) is 14.9. The van der Waals surface area contributed by atoms with E-state index in [-0.39, 0.29) is 85.0 Å². The van der Waals surface area contributed by atoms with E-state index in [1.807, 2.05) is 105 Å². The van der Waals surface area contributed by atoms with Crippen molar-refractivity contribution in [2.75, 3.05) is 27.2 Å². The number of benzene rings is 3. The molecule has 4 saturated heterocycles.